The van der Waals surface area contributed by atoms with Crippen molar-refractivity contribution in [1.82, 2.24) is 0 Å². The van der Waals surface area contributed by atoms with Crippen LogP contribution in [0.4, 0.5) is 10.1 Å². The van der Waals surface area contributed by atoms with Gasteiger partial charge in [-0.1, -0.05) is 30.3 Å². The van der Waals surface area contributed by atoms with E-state index in [4.69, 9.17) is 4.74 Å². The van der Waals surface area contributed by atoms with Crippen molar-refractivity contribution in [3.63, 3.8) is 0 Å². The second-order valence-corrected chi connectivity index (χ2v) is 7.31. The van der Waals surface area contributed by atoms with E-state index >= 15 is 0 Å². The summed E-state index contributed by atoms with van der Waals surface area (Å²) in [5.41, 5.74) is -0.231. The van der Waals surface area contributed by atoms with Crippen LogP contribution >= 0.6 is 11.8 Å². The number of aliphatic hydroxyl groups is 1. The lowest BCUT2D eigenvalue weighted by atomic mass is 9.94. The van der Waals surface area contributed by atoms with Crippen molar-refractivity contribution >= 4 is 22.6 Å². The van der Waals surface area contributed by atoms with Crippen LogP contribution in [0.25, 0.3) is 0 Å². The van der Waals surface area contributed by atoms with E-state index in [1.54, 1.807) is 28.8 Å². The third-order valence-electron chi connectivity index (χ3n) is 4.99. The van der Waals surface area contributed by atoms with Crippen LogP contribution in [0.1, 0.15) is 12.5 Å². The molecule has 0 fully saturated rings. The van der Waals surface area contributed by atoms with Crippen LogP contribution in [0.3, 0.4) is 0 Å². The maximum absolute atomic E-state index is 14.9. The largest absolute Gasteiger partial charge is 0.497 e. The van der Waals surface area contributed by atoms with Gasteiger partial charge in [-0.3, -0.25) is 0 Å². The molecule has 4 rings (SSSR count). The number of benzene rings is 2. The van der Waals surface area contributed by atoms with Crippen molar-refractivity contribution < 1.29 is 18.8 Å². The number of ether oxygens (including phenoxy) is 1. The van der Waals surface area contributed by atoms with Crippen LogP contribution in [0.2, 0.25) is 0 Å². The number of hydrogen-bond acceptors (Lipinski definition) is 4. The zero-order chi connectivity index (χ0) is 17.6. The van der Waals surface area contributed by atoms with Crippen molar-refractivity contribution in [2.45, 2.75) is 18.7 Å². The Morgan fingerprint density at radius 2 is 2.04 bits per heavy atom. The average molecular weight is 359 g/mol. The smallest absolute Gasteiger partial charge is 0.317 e. The van der Waals surface area contributed by atoms with Gasteiger partial charge in [-0.15, -0.1) is 0 Å². The van der Waals surface area contributed by atoms with E-state index in [-0.39, 0.29) is 6.04 Å². The molecular formula is C19H20FN2O2S+. The van der Waals surface area contributed by atoms with Gasteiger partial charge in [-0.2, -0.15) is 4.90 Å². The van der Waals surface area contributed by atoms with Gasteiger partial charge in [-0.25, -0.2) is 8.97 Å². The zero-order valence-electron chi connectivity index (χ0n) is 14.1. The number of amidine groups is 1. The molecular weight excluding hydrogens is 339 g/mol. The highest BCUT2D eigenvalue weighted by molar-refractivity contribution is 8.14. The van der Waals surface area contributed by atoms with E-state index in [2.05, 4.69) is 4.58 Å². The Bertz CT molecular complexity index is 843. The molecule has 2 heterocycles. The van der Waals surface area contributed by atoms with Gasteiger partial charge in [0.15, 0.2) is 17.5 Å². The first kappa shape index (κ1) is 16.4. The summed E-state index contributed by atoms with van der Waals surface area (Å²) < 4.78 is 22.1. The van der Waals surface area contributed by atoms with Crippen molar-refractivity contribution in [3.05, 3.63) is 59.9 Å². The fourth-order valence-electron chi connectivity index (χ4n) is 3.65. The summed E-state index contributed by atoms with van der Waals surface area (Å²) in [4.78, 5) is 1.74. The molecule has 130 valence electrons. The molecule has 2 aromatic rings. The molecule has 0 saturated carbocycles. The van der Waals surface area contributed by atoms with Gasteiger partial charge < -0.3 is 9.84 Å². The van der Waals surface area contributed by atoms with E-state index in [0.717, 1.165) is 23.0 Å². The molecule has 0 spiro atoms. The van der Waals surface area contributed by atoms with Gasteiger partial charge in [0, 0.05) is 17.4 Å². The number of methoxy groups -OCH3 is 1. The summed E-state index contributed by atoms with van der Waals surface area (Å²) >= 11 is 1.65. The highest BCUT2D eigenvalue weighted by Crippen LogP contribution is 2.44. The number of anilines is 1. The second kappa shape index (κ2) is 6.04. The fraction of sp³-hybridized carbons (Fsp3) is 0.316. The van der Waals surface area contributed by atoms with Crippen LogP contribution in [0.5, 0.6) is 5.75 Å². The highest BCUT2D eigenvalue weighted by atomic mass is 32.2. The van der Waals surface area contributed by atoms with Crippen molar-refractivity contribution in [2.75, 3.05) is 24.3 Å². The van der Waals surface area contributed by atoms with Gasteiger partial charge in [0.1, 0.15) is 5.75 Å². The van der Waals surface area contributed by atoms with E-state index < -0.39 is 11.5 Å². The second-order valence-electron chi connectivity index (χ2n) is 6.25. The first-order valence-electron chi connectivity index (χ1n) is 8.25. The molecule has 0 amide bonds. The molecule has 0 aromatic heterocycles. The Morgan fingerprint density at radius 3 is 2.72 bits per heavy atom. The lowest BCUT2D eigenvalue weighted by Gasteiger charge is -2.32. The van der Waals surface area contributed by atoms with E-state index in [1.807, 2.05) is 37.3 Å². The Labute approximate surface area is 150 Å². The summed E-state index contributed by atoms with van der Waals surface area (Å²) in [7, 11) is 1.51. The van der Waals surface area contributed by atoms with Gasteiger partial charge >= 0.3 is 5.17 Å². The molecule has 0 saturated heterocycles. The Kier molecular flexibility index (Phi) is 3.96. The van der Waals surface area contributed by atoms with Gasteiger partial charge in [0.05, 0.1) is 13.7 Å². The fourth-order valence-corrected chi connectivity index (χ4v) is 4.90. The van der Waals surface area contributed by atoms with Crippen LogP contribution in [-0.4, -0.2) is 40.3 Å². The van der Waals surface area contributed by atoms with Crippen molar-refractivity contribution in [3.8, 4) is 5.75 Å². The normalized spacial score (nSPS) is 25.4. The number of thioether (sulfide) groups is 1. The monoisotopic (exact) mass is 359 g/mol. The minimum Gasteiger partial charge on any atom is -0.497 e. The number of nitrogens with zero attached hydrogens (tertiary/aromatic N) is 2. The van der Waals surface area contributed by atoms with E-state index in [9.17, 15) is 9.50 Å². The molecule has 2 aromatic carbocycles. The molecule has 2 aliphatic rings. The first-order chi connectivity index (χ1) is 12.1. The predicted octanol–water partition coefficient (Wildman–Crippen LogP) is 3.00. The summed E-state index contributed by atoms with van der Waals surface area (Å²) in [6, 6.07) is 14.0. The summed E-state index contributed by atoms with van der Waals surface area (Å²) in [6.45, 7) is 2.82. The Hall–Kier alpha value is -2.05. The van der Waals surface area contributed by atoms with Gasteiger partial charge in [-0.05, 0) is 30.8 Å². The number of rotatable bonds is 3. The van der Waals surface area contributed by atoms with Crippen molar-refractivity contribution in [2.24, 2.45) is 0 Å². The van der Waals surface area contributed by atoms with Crippen LogP contribution in [0.15, 0.2) is 48.5 Å². The lowest BCUT2D eigenvalue weighted by molar-refractivity contribution is -0.562. The standard InChI is InChI=1S/C19H20FN2O2S/c1-13-19(23,14-6-4-3-5-7-14)22(18-21(13)10-11-25-18)17-9-8-15(24-2)12-16(17)20/h3-9,12-13,23H,10-11H2,1-2H3/q+1/t13-,19+/m1/s1. The maximum atomic E-state index is 14.9. The quantitative estimate of drug-likeness (QED) is 0.855. The molecule has 25 heavy (non-hydrogen) atoms. The predicted molar refractivity (Wildman–Crippen MR) is 97.8 cm³/mol. The van der Waals surface area contributed by atoms with E-state index in [1.165, 1.54) is 13.2 Å². The Balaban J connectivity index is 1.90. The Morgan fingerprint density at radius 1 is 1.28 bits per heavy atom. The molecule has 0 radical (unpaired) electrons. The van der Waals surface area contributed by atoms with Gasteiger partial charge in [0.25, 0.3) is 5.72 Å². The summed E-state index contributed by atoms with van der Waals surface area (Å²) in [6.07, 6.45) is 0. The van der Waals surface area contributed by atoms with Crippen LogP contribution in [-0.2, 0) is 5.72 Å². The molecule has 2 aliphatic heterocycles. The third-order valence-corrected chi connectivity index (χ3v) is 6.05. The van der Waals surface area contributed by atoms with Crippen LogP contribution < -0.4 is 9.64 Å². The maximum Gasteiger partial charge on any atom is 0.317 e. The number of hydrogen-bond donors (Lipinski definition) is 1. The summed E-state index contributed by atoms with van der Waals surface area (Å²) in [5.74, 6) is 0.971. The topological polar surface area (TPSA) is 35.7 Å². The first-order valence-corrected chi connectivity index (χ1v) is 9.24. The van der Waals surface area contributed by atoms with Gasteiger partial charge in [0.2, 0.25) is 0 Å². The minimum absolute atomic E-state index is 0.193. The average Bonchev–Trinajstić information content (AvgIpc) is 3.18. The summed E-state index contributed by atoms with van der Waals surface area (Å²) in [5, 5.41) is 12.6. The van der Waals surface area contributed by atoms with Crippen molar-refractivity contribution in [1.29, 1.82) is 0 Å². The third kappa shape index (κ3) is 2.35. The molecule has 0 unspecified atom stereocenters. The molecule has 0 aliphatic carbocycles. The highest BCUT2D eigenvalue weighted by Gasteiger charge is 2.61. The minimum atomic E-state index is -1.33. The lowest BCUT2D eigenvalue weighted by Crippen LogP contribution is -2.51. The molecule has 2 atom stereocenters. The molecule has 6 heteroatoms. The number of halogens is 1. The SMILES string of the molecule is COc1ccc(N2C3=[N+](CCS3)[C@H](C)[C@]2(O)c2ccccc2)c(F)c1. The van der Waals surface area contributed by atoms with Crippen LogP contribution in [0, 0.1) is 5.82 Å². The van der Waals surface area contributed by atoms with E-state index in [0.29, 0.717) is 11.4 Å². The molecule has 0 bridgehead atoms. The zero-order valence-corrected chi connectivity index (χ0v) is 15.0. The molecule has 1 N–H and O–H groups in total. The molecule has 4 nitrogen and oxygen atoms in total.